The molecule has 0 aliphatic heterocycles. The fraction of sp³-hybridized carbons (Fsp3) is 0.158. The Morgan fingerprint density at radius 1 is 0.929 bits per heavy atom. The largest absolute Gasteiger partial charge is 0.367 e. The number of carbonyl (C=O) groups is 1. The first kappa shape index (κ1) is 19.2. The molecule has 28 heavy (non-hydrogen) atoms. The van der Waals surface area contributed by atoms with E-state index >= 15 is 0 Å². The van der Waals surface area contributed by atoms with Gasteiger partial charge < -0.3 is 16.0 Å². The van der Waals surface area contributed by atoms with Crippen molar-refractivity contribution in [3.8, 4) is 0 Å². The van der Waals surface area contributed by atoms with E-state index in [4.69, 9.17) is 0 Å². The fourth-order valence-electron chi connectivity index (χ4n) is 2.34. The van der Waals surface area contributed by atoms with Gasteiger partial charge in [-0.2, -0.15) is 0 Å². The van der Waals surface area contributed by atoms with Crippen LogP contribution in [0.25, 0.3) is 0 Å². The predicted molar refractivity (Wildman–Crippen MR) is 101 cm³/mol. The highest BCUT2D eigenvalue weighted by Crippen LogP contribution is 2.13. The average Bonchev–Trinajstić information content (AvgIpc) is 2.68. The van der Waals surface area contributed by atoms with Crippen molar-refractivity contribution >= 4 is 23.4 Å². The maximum absolute atomic E-state index is 13.5. The predicted octanol–water partition coefficient (Wildman–Crippen LogP) is 3.04. The molecule has 0 atom stereocenters. The minimum atomic E-state index is -0.900. The van der Waals surface area contributed by atoms with Crippen molar-refractivity contribution in [3.05, 3.63) is 71.4 Å². The van der Waals surface area contributed by atoms with E-state index in [0.717, 1.165) is 17.7 Å². The van der Waals surface area contributed by atoms with Gasteiger partial charge in [0.25, 0.3) is 5.91 Å². The number of carbonyl (C=O) groups excluding carboxylic acids is 1. The molecule has 2 aromatic heterocycles. The monoisotopic (exact) mass is 384 g/mol. The maximum atomic E-state index is 13.5. The number of amides is 1. The summed E-state index contributed by atoms with van der Waals surface area (Å²) in [5.41, 5.74) is 0.462. The van der Waals surface area contributed by atoms with Crippen LogP contribution < -0.4 is 16.0 Å². The Kier molecular flexibility index (Phi) is 6.05. The van der Waals surface area contributed by atoms with Crippen molar-refractivity contribution in [2.24, 2.45) is 0 Å². The number of pyridine rings is 1. The van der Waals surface area contributed by atoms with E-state index in [1.165, 1.54) is 6.07 Å². The first-order valence-corrected chi connectivity index (χ1v) is 8.52. The van der Waals surface area contributed by atoms with E-state index in [0.29, 0.717) is 24.0 Å². The number of hydrogen-bond acceptors (Lipinski definition) is 6. The quantitative estimate of drug-likeness (QED) is 0.543. The van der Waals surface area contributed by atoms with Gasteiger partial charge in [-0.1, -0.05) is 12.1 Å². The van der Waals surface area contributed by atoms with Crippen LogP contribution in [0.3, 0.4) is 0 Å². The van der Waals surface area contributed by atoms with E-state index in [1.54, 1.807) is 18.3 Å². The van der Waals surface area contributed by atoms with Crippen molar-refractivity contribution < 1.29 is 13.6 Å². The summed E-state index contributed by atoms with van der Waals surface area (Å²) in [4.78, 5) is 16.1. The lowest BCUT2D eigenvalue weighted by Crippen LogP contribution is -2.30. The Hall–Kier alpha value is -3.62. The van der Waals surface area contributed by atoms with Crippen LogP contribution in [0.4, 0.5) is 26.2 Å². The van der Waals surface area contributed by atoms with Gasteiger partial charge in [-0.15, -0.1) is 10.2 Å². The van der Waals surface area contributed by atoms with Crippen LogP contribution in [0.1, 0.15) is 15.9 Å². The number of anilines is 3. The number of benzene rings is 1. The lowest BCUT2D eigenvalue weighted by molar-refractivity contribution is 0.0946. The van der Waals surface area contributed by atoms with Crippen LogP contribution in [0.5, 0.6) is 0 Å². The second-order valence-corrected chi connectivity index (χ2v) is 5.93. The minimum Gasteiger partial charge on any atom is -0.367 e. The smallest absolute Gasteiger partial charge is 0.257 e. The zero-order chi connectivity index (χ0) is 19.9. The van der Waals surface area contributed by atoms with Gasteiger partial charge in [0.05, 0.1) is 0 Å². The standard InChI is InChI=1S/C19H18F2N6O/c1-12-5-6-15(24-11-12)25-17-8-7-16(26-27-17)22-9-10-23-19(28)18-13(20)3-2-4-14(18)21/h2-8,11H,9-10H2,1H3,(H,22,26)(H,23,28)(H,24,25,27). The van der Waals surface area contributed by atoms with Gasteiger partial charge in [0.2, 0.25) is 0 Å². The maximum Gasteiger partial charge on any atom is 0.257 e. The second-order valence-electron chi connectivity index (χ2n) is 5.93. The lowest BCUT2D eigenvalue weighted by atomic mass is 10.2. The molecule has 3 aromatic rings. The molecule has 0 radical (unpaired) electrons. The molecule has 0 saturated heterocycles. The Balaban J connectivity index is 1.46. The Bertz CT molecular complexity index is 927. The highest BCUT2D eigenvalue weighted by molar-refractivity contribution is 5.94. The summed E-state index contributed by atoms with van der Waals surface area (Å²) in [6.07, 6.45) is 1.74. The number of halogens is 2. The lowest BCUT2D eigenvalue weighted by Gasteiger charge is -2.09. The first-order chi connectivity index (χ1) is 13.5. The van der Waals surface area contributed by atoms with E-state index in [9.17, 15) is 13.6 Å². The molecule has 0 spiro atoms. The molecule has 1 amide bonds. The average molecular weight is 384 g/mol. The second kappa shape index (κ2) is 8.85. The number of aryl methyl sites for hydroxylation is 1. The molecule has 3 rings (SSSR count). The molecule has 0 bridgehead atoms. The van der Waals surface area contributed by atoms with Crippen LogP contribution >= 0.6 is 0 Å². The summed E-state index contributed by atoms with van der Waals surface area (Å²) in [6.45, 7) is 2.41. The molecule has 0 aliphatic carbocycles. The molecule has 0 aliphatic rings. The Labute approximate surface area is 160 Å². The third-order valence-electron chi connectivity index (χ3n) is 3.74. The fourth-order valence-corrected chi connectivity index (χ4v) is 2.34. The van der Waals surface area contributed by atoms with Gasteiger partial charge in [0, 0.05) is 19.3 Å². The number of nitrogens with one attached hydrogen (secondary N) is 3. The van der Waals surface area contributed by atoms with Gasteiger partial charge in [0.1, 0.15) is 28.8 Å². The van der Waals surface area contributed by atoms with Gasteiger partial charge in [-0.25, -0.2) is 13.8 Å². The summed E-state index contributed by atoms with van der Waals surface area (Å²) in [6, 6.07) is 10.5. The first-order valence-electron chi connectivity index (χ1n) is 8.52. The Morgan fingerprint density at radius 3 is 2.25 bits per heavy atom. The molecule has 7 nitrogen and oxygen atoms in total. The normalized spacial score (nSPS) is 10.4. The number of aromatic nitrogens is 3. The summed E-state index contributed by atoms with van der Waals surface area (Å²) in [5, 5.41) is 16.5. The highest BCUT2D eigenvalue weighted by Gasteiger charge is 2.16. The molecule has 144 valence electrons. The molecule has 1 aromatic carbocycles. The third kappa shape index (κ3) is 4.97. The van der Waals surface area contributed by atoms with E-state index in [-0.39, 0.29) is 6.54 Å². The molecule has 9 heteroatoms. The highest BCUT2D eigenvalue weighted by atomic mass is 19.1. The van der Waals surface area contributed by atoms with E-state index in [2.05, 4.69) is 31.1 Å². The molecular formula is C19H18F2N6O. The number of rotatable bonds is 7. The molecular weight excluding hydrogens is 366 g/mol. The van der Waals surface area contributed by atoms with Crippen LogP contribution in [0.2, 0.25) is 0 Å². The summed E-state index contributed by atoms with van der Waals surface area (Å²) in [7, 11) is 0. The molecule has 2 heterocycles. The SMILES string of the molecule is Cc1ccc(Nc2ccc(NCCNC(=O)c3c(F)cccc3F)nn2)nc1. The van der Waals surface area contributed by atoms with Crippen molar-refractivity contribution in [2.75, 3.05) is 23.7 Å². The summed E-state index contributed by atoms with van der Waals surface area (Å²) < 4.78 is 27.1. The van der Waals surface area contributed by atoms with Crippen molar-refractivity contribution in [1.82, 2.24) is 20.5 Å². The molecule has 0 unspecified atom stereocenters. The van der Waals surface area contributed by atoms with Crippen molar-refractivity contribution in [1.29, 1.82) is 0 Å². The van der Waals surface area contributed by atoms with Crippen LogP contribution in [0, 0.1) is 18.6 Å². The number of nitrogens with zero attached hydrogens (tertiary/aromatic N) is 3. The van der Waals surface area contributed by atoms with Gasteiger partial charge >= 0.3 is 0 Å². The topological polar surface area (TPSA) is 91.8 Å². The van der Waals surface area contributed by atoms with E-state index < -0.39 is 23.1 Å². The van der Waals surface area contributed by atoms with Crippen LogP contribution in [-0.4, -0.2) is 34.2 Å². The molecule has 0 saturated carbocycles. The zero-order valence-electron chi connectivity index (χ0n) is 15.0. The summed E-state index contributed by atoms with van der Waals surface area (Å²) >= 11 is 0. The van der Waals surface area contributed by atoms with E-state index in [1.807, 2.05) is 19.1 Å². The van der Waals surface area contributed by atoms with Gasteiger partial charge in [-0.05, 0) is 42.8 Å². The van der Waals surface area contributed by atoms with Crippen molar-refractivity contribution in [2.45, 2.75) is 6.92 Å². The molecule has 3 N–H and O–H groups in total. The van der Waals surface area contributed by atoms with Crippen LogP contribution in [-0.2, 0) is 0 Å². The minimum absolute atomic E-state index is 0.154. The van der Waals surface area contributed by atoms with Gasteiger partial charge in [-0.3, -0.25) is 4.79 Å². The van der Waals surface area contributed by atoms with Crippen molar-refractivity contribution in [3.63, 3.8) is 0 Å². The Morgan fingerprint density at radius 2 is 1.61 bits per heavy atom. The van der Waals surface area contributed by atoms with Crippen LogP contribution in [0.15, 0.2) is 48.7 Å². The summed E-state index contributed by atoms with van der Waals surface area (Å²) in [5.74, 6) is -0.929. The van der Waals surface area contributed by atoms with Gasteiger partial charge in [0.15, 0.2) is 5.82 Å². The number of hydrogen-bond donors (Lipinski definition) is 3. The zero-order valence-corrected chi connectivity index (χ0v) is 15.0. The molecule has 0 fully saturated rings. The third-order valence-corrected chi connectivity index (χ3v) is 3.74.